The number of methoxy groups -OCH3 is 1. The molecule has 9 heteroatoms. The van der Waals surface area contributed by atoms with E-state index in [0.717, 1.165) is 29.0 Å². The lowest BCUT2D eigenvalue weighted by atomic mass is 10.1. The van der Waals surface area contributed by atoms with Gasteiger partial charge in [-0.25, -0.2) is 14.0 Å². The van der Waals surface area contributed by atoms with Crippen molar-refractivity contribution in [2.75, 3.05) is 37.2 Å². The Hall–Kier alpha value is -4.11. The smallest absolute Gasteiger partial charge is 0.229 e. The predicted molar refractivity (Wildman–Crippen MR) is 149 cm³/mol. The van der Waals surface area contributed by atoms with Crippen molar-refractivity contribution in [3.8, 4) is 22.6 Å². The SMILES string of the molecule is CCOc1ccc(-c2cnc(Nc3cccc(S(C)(=N)=O)c3)nc2NCCc2ccc(OC)cc2)cc1. The summed E-state index contributed by atoms with van der Waals surface area (Å²) in [7, 11) is -1.17. The zero-order valence-electron chi connectivity index (χ0n) is 21.2. The van der Waals surface area contributed by atoms with Crippen molar-refractivity contribution in [3.05, 3.63) is 84.6 Å². The number of ether oxygens (including phenoxy) is 2. The van der Waals surface area contributed by atoms with E-state index in [-0.39, 0.29) is 0 Å². The van der Waals surface area contributed by atoms with E-state index in [1.807, 2.05) is 61.5 Å². The quantitative estimate of drug-likeness (QED) is 0.224. The normalized spacial score (nSPS) is 12.4. The summed E-state index contributed by atoms with van der Waals surface area (Å²) in [5.74, 6) is 2.72. The van der Waals surface area contributed by atoms with E-state index in [9.17, 15) is 4.21 Å². The summed E-state index contributed by atoms with van der Waals surface area (Å²) in [5, 5.41) is 6.64. The van der Waals surface area contributed by atoms with Crippen LogP contribution in [-0.2, 0) is 16.1 Å². The predicted octanol–water partition coefficient (Wildman–Crippen LogP) is 5.98. The molecule has 0 spiro atoms. The van der Waals surface area contributed by atoms with Crippen LogP contribution in [0, 0.1) is 4.78 Å². The van der Waals surface area contributed by atoms with Crippen molar-refractivity contribution in [3.63, 3.8) is 0 Å². The summed E-state index contributed by atoms with van der Waals surface area (Å²) >= 11 is 0. The molecule has 4 rings (SSSR count). The highest BCUT2D eigenvalue weighted by Crippen LogP contribution is 2.29. The number of hydrogen-bond donors (Lipinski definition) is 3. The van der Waals surface area contributed by atoms with Gasteiger partial charge in [0.2, 0.25) is 5.95 Å². The molecule has 0 amide bonds. The second-order valence-corrected chi connectivity index (χ2v) is 10.6. The van der Waals surface area contributed by atoms with Crippen LogP contribution in [0.2, 0.25) is 0 Å². The van der Waals surface area contributed by atoms with Gasteiger partial charge >= 0.3 is 0 Å². The minimum atomic E-state index is -2.83. The first-order valence-electron chi connectivity index (χ1n) is 11.9. The molecule has 0 aliphatic carbocycles. The molecule has 3 aromatic carbocycles. The Morgan fingerprint density at radius 1 is 1.00 bits per heavy atom. The molecule has 0 bridgehead atoms. The number of aromatic nitrogens is 2. The van der Waals surface area contributed by atoms with Crippen LogP contribution in [0.15, 0.2) is 83.9 Å². The molecule has 192 valence electrons. The molecule has 0 saturated carbocycles. The van der Waals surface area contributed by atoms with Gasteiger partial charge in [-0.15, -0.1) is 0 Å². The Labute approximate surface area is 218 Å². The van der Waals surface area contributed by atoms with E-state index >= 15 is 0 Å². The third-order valence-corrected chi connectivity index (χ3v) is 6.82. The number of nitrogens with one attached hydrogen (secondary N) is 3. The highest BCUT2D eigenvalue weighted by atomic mass is 32.2. The van der Waals surface area contributed by atoms with Crippen molar-refractivity contribution in [1.29, 1.82) is 4.78 Å². The van der Waals surface area contributed by atoms with E-state index in [0.29, 0.717) is 35.5 Å². The third kappa shape index (κ3) is 6.98. The number of hydrogen-bond acceptors (Lipinski definition) is 8. The Bertz CT molecular complexity index is 1440. The number of nitrogens with zero attached hydrogens (tertiary/aromatic N) is 2. The zero-order valence-corrected chi connectivity index (χ0v) is 22.0. The summed E-state index contributed by atoms with van der Waals surface area (Å²) in [6, 6.07) is 22.8. The van der Waals surface area contributed by atoms with Crippen LogP contribution in [0.3, 0.4) is 0 Å². The van der Waals surface area contributed by atoms with Gasteiger partial charge in [0.15, 0.2) is 0 Å². The molecule has 0 fully saturated rings. The van der Waals surface area contributed by atoms with Crippen LogP contribution < -0.4 is 20.1 Å². The maximum Gasteiger partial charge on any atom is 0.229 e. The lowest BCUT2D eigenvalue weighted by Crippen LogP contribution is -2.09. The topological polar surface area (TPSA) is 109 Å². The molecule has 0 saturated heterocycles. The van der Waals surface area contributed by atoms with Crippen LogP contribution in [0.5, 0.6) is 11.5 Å². The van der Waals surface area contributed by atoms with Crippen LogP contribution in [-0.4, -0.2) is 40.7 Å². The van der Waals surface area contributed by atoms with Crippen molar-refractivity contribution >= 4 is 27.2 Å². The second kappa shape index (κ2) is 11.7. The summed E-state index contributed by atoms with van der Waals surface area (Å²) in [4.78, 5) is 9.72. The maximum atomic E-state index is 12.2. The van der Waals surface area contributed by atoms with Crippen LogP contribution in [0.25, 0.3) is 11.1 Å². The number of benzene rings is 3. The van der Waals surface area contributed by atoms with Crippen molar-refractivity contribution < 1.29 is 13.7 Å². The maximum absolute atomic E-state index is 12.2. The second-order valence-electron chi connectivity index (χ2n) is 8.43. The molecule has 0 aliphatic rings. The fourth-order valence-corrected chi connectivity index (χ4v) is 4.44. The van der Waals surface area contributed by atoms with Gasteiger partial charge in [-0.05, 0) is 66.9 Å². The van der Waals surface area contributed by atoms with Gasteiger partial charge in [0, 0.05) is 35.1 Å². The third-order valence-electron chi connectivity index (χ3n) is 5.67. The fraction of sp³-hybridized carbons (Fsp3) is 0.214. The number of rotatable bonds is 11. The summed E-state index contributed by atoms with van der Waals surface area (Å²) in [6.45, 7) is 3.23. The van der Waals surface area contributed by atoms with Gasteiger partial charge < -0.3 is 20.1 Å². The molecule has 0 radical (unpaired) electrons. The van der Waals surface area contributed by atoms with E-state index < -0.39 is 9.73 Å². The highest BCUT2D eigenvalue weighted by Gasteiger charge is 2.11. The fourth-order valence-electron chi connectivity index (χ4n) is 3.75. The first-order valence-corrected chi connectivity index (χ1v) is 13.9. The molecule has 3 N–H and O–H groups in total. The minimum Gasteiger partial charge on any atom is -0.497 e. The van der Waals surface area contributed by atoms with Crippen molar-refractivity contribution in [2.45, 2.75) is 18.2 Å². The van der Waals surface area contributed by atoms with Crippen LogP contribution in [0.1, 0.15) is 12.5 Å². The lowest BCUT2D eigenvalue weighted by molar-refractivity contribution is 0.340. The van der Waals surface area contributed by atoms with E-state index in [1.165, 1.54) is 11.8 Å². The first kappa shape index (κ1) is 26.0. The first-order chi connectivity index (χ1) is 17.9. The van der Waals surface area contributed by atoms with Crippen LogP contribution >= 0.6 is 0 Å². The van der Waals surface area contributed by atoms with Gasteiger partial charge in [0.1, 0.15) is 17.3 Å². The molecule has 1 atom stereocenters. The Morgan fingerprint density at radius 2 is 1.73 bits per heavy atom. The van der Waals surface area contributed by atoms with Gasteiger partial charge in [-0.3, -0.25) is 0 Å². The molecule has 1 aromatic heterocycles. The largest absolute Gasteiger partial charge is 0.497 e. The van der Waals surface area contributed by atoms with Gasteiger partial charge in [-0.1, -0.05) is 30.3 Å². The standard InChI is InChI=1S/C28H31N5O3S/c1-4-36-24-14-10-21(11-15-24)26-19-31-28(32-22-6-5-7-25(18-22)37(3,29)34)33-27(26)30-17-16-20-8-12-23(35-2)13-9-20/h5-15,18-19,29H,4,16-17H2,1-3H3,(H2,30,31,32,33). The van der Waals surface area contributed by atoms with E-state index in [2.05, 4.69) is 15.6 Å². The zero-order chi connectivity index (χ0) is 26.3. The molecule has 4 aromatic rings. The summed E-state index contributed by atoms with van der Waals surface area (Å²) < 4.78 is 30.8. The average Bonchev–Trinajstić information content (AvgIpc) is 2.90. The van der Waals surface area contributed by atoms with Crippen molar-refractivity contribution in [2.24, 2.45) is 0 Å². The lowest BCUT2D eigenvalue weighted by Gasteiger charge is -2.14. The van der Waals surface area contributed by atoms with Gasteiger partial charge in [0.05, 0.1) is 23.4 Å². The van der Waals surface area contributed by atoms with E-state index in [4.69, 9.17) is 19.2 Å². The molecule has 1 heterocycles. The van der Waals surface area contributed by atoms with Gasteiger partial charge in [0.25, 0.3) is 0 Å². The van der Waals surface area contributed by atoms with E-state index in [1.54, 1.807) is 31.5 Å². The van der Waals surface area contributed by atoms with Gasteiger partial charge in [-0.2, -0.15) is 4.98 Å². The summed E-state index contributed by atoms with van der Waals surface area (Å²) in [5.41, 5.74) is 3.67. The molecule has 8 nitrogen and oxygen atoms in total. The summed E-state index contributed by atoms with van der Waals surface area (Å²) in [6.07, 6.45) is 3.98. The monoisotopic (exact) mass is 517 g/mol. The Balaban J connectivity index is 1.59. The molecule has 1 unspecified atom stereocenters. The average molecular weight is 518 g/mol. The Kier molecular flexibility index (Phi) is 8.25. The molecule has 0 aliphatic heterocycles. The highest BCUT2D eigenvalue weighted by molar-refractivity contribution is 7.91. The number of anilines is 3. The molecular weight excluding hydrogens is 486 g/mol. The molecular formula is C28H31N5O3S. The molecule has 37 heavy (non-hydrogen) atoms. The Morgan fingerprint density at radius 3 is 2.41 bits per heavy atom. The van der Waals surface area contributed by atoms with Crippen molar-refractivity contribution in [1.82, 2.24) is 9.97 Å². The minimum absolute atomic E-state index is 0.395. The van der Waals surface area contributed by atoms with Crippen LogP contribution in [0.4, 0.5) is 17.5 Å².